The quantitative estimate of drug-likeness (QED) is 0.679. The molecule has 0 aliphatic heterocycles. The zero-order valence-electron chi connectivity index (χ0n) is 12.6. The Morgan fingerprint density at radius 1 is 1.22 bits per heavy atom. The number of anilines is 2. The summed E-state index contributed by atoms with van der Waals surface area (Å²) in [4.78, 5) is 16.2. The van der Waals surface area contributed by atoms with Crippen LogP contribution in [0.1, 0.15) is 5.69 Å². The molecule has 0 atom stereocenters. The average Bonchev–Trinajstić information content (AvgIpc) is 3.02. The zero-order chi connectivity index (χ0) is 16.4. The van der Waals surface area contributed by atoms with E-state index < -0.39 is 6.03 Å². The molecule has 2 heterocycles. The van der Waals surface area contributed by atoms with Gasteiger partial charge in [-0.2, -0.15) is 0 Å². The molecule has 7 heteroatoms. The smallest absolute Gasteiger partial charge is 0.323 e. The first kappa shape index (κ1) is 15.1. The Kier molecular flexibility index (Phi) is 4.03. The molecule has 23 heavy (non-hydrogen) atoms. The summed E-state index contributed by atoms with van der Waals surface area (Å²) in [5.74, 6) is 0.513. The van der Waals surface area contributed by atoms with Gasteiger partial charge in [0.25, 0.3) is 0 Å². The normalized spacial score (nSPS) is 10.5. The molecule has 0 fully saturated rings. The summed E-state index contributed by atoms with van der Waals surface area (Å²) in [5, 5.41) is 18.2. The lowest BCUT2D eigenvalue weighted by molar-refractivity contribution is 0.262. The predicted octanol–water partition coefficient (Wildman–Crippen LogP) is 3.96. The largest absolute Gasteiger partial charge is 0.497 e. The van der Waals surface area contributed by atoms with Gasteiger partial charge >= 0.3 is 6.03 Å². The number of thiophene rings is 1. The Morgan fingerprint density at radius 3 is 2.65 bits per heavy atom. The summed E-state index contributed by atoms with van der Waals surface area (Å²) in [7, 11) is 1.58. The number of hydrogen-bond acceptors (Lipinski definition) is 5. The van der Waals surface area contributed by atoms with Gasteiger partial charge in [0.05, 0.1) is 17.5 Å². The predicted molar refractivity (Wildman–Crippen MR) is 91.7 cm³/mol. The van der Waals surface area contributed by atoms with Crippen LogP contribution >= 0.6 is 11.3 Å². The number of carbonyl (C=O) groups is 1. The molecule has 0 aliphatic rings. The molecule has 0 saturated heterocycles. The number of hydrogen-bond donors (Lipinski definition) is 3. The van der Waals surface area contributed by atoms with Gasteiger partial charge in [0.15, 0.2) is 0 Å². The lowest BCUT2D eigenvalue weighted by Crippen LogP contribution is -2.19. The molecule has 3 N–H and O–H groups in total. The number of ether oxygens (including phenoxy) is 1. The fraction of sp³-hybridized carbons (Fsp3) is 0.125. The molecule has 1 aromatic carbocycles. The summed E-state index contributed by atoms with van der Waals surface area (Å²) >= 11 is 1.44. The van der Waals surface area contributed by atoms with E-state index >= 15 is 0 Å². The number of aromatic hydroxyl groups is 1. The lowest BCUT2D eigenvalue weighted by atomic mass is 10.2. The molecule has 3 rings (SSSR count). The van der Waals surface area contributed by atoms with Gasteiger partial charge in [0.2, 0.25) is 5.88 Å². The van der Waals surface area contributed by atoms with Crippen LogP contribution < -0.4 is 15.4 Å². The second-order valence-electron chi connectivity index (χ2n) is 4.87. The third-order valence-electron chi connectivity index (χ3n) is 3.37. The number of amides is 2. The molecule has 2 aromatic heterocycles. The zero-order valence-corrected chi connectivity index (χ0v) is 13.4. The number of pyridine rings is 1. The van der Waals surface area contributed by atoms with E-state index in [2.05, 4.69) is 15.6 Å². The number of rotatable bonds is 3. The highest BCUT2D eigenvalue weighted by Gasteiger charge is 2.15. The van der Waals surface area contributed by atoms with Gasteiger partial charge in [0, 0.05) is 11.1 Å². The fourth-order valence-corrected chi connectivity index (χ4v) is 3.17. The summed E-state index contributed by atoms with van der Waals surface area (Å²) in [6, 6.07) is 8.41. The topological polar surface area (TPSA) is 83.5 Å². The van der Waals surface area contributed by atoms with Crippen molar-refractivity contribution in [2.75, 3.05) is 17.7 Å². The summed E-state index contributed by atoms with van der Waals surface area (Å²) < 4.78 is 5.86. The summed E-state index contributed by atoms with van der Waals surface area (Å²) in [6.07, 6.45) is 0. The minimum Gasteiger partial charge on any atom is -0.497 e. The van der Waals surface area contributed by atoms with Crippen molar-refractivity contribution >= 4 is 38.8 Å². The monoisotopic (exact) mass is 329 g/mol. The van der Waals surface area contributed by atoms with Crippen molar-refractivity contribution in [2.45, 2.75) is 6.92 Å². The van der Waals surface area contributed by atoms with Gasteiger partial charge in [-0.15, -0.1) is 11.3 Å². The van der Waals surface area contributed by atoms with E-state index in [1.54, 1.807) is 31.4 Å². The van der Waals surface area contributed by atoms with Crippen LogP contribution in [0.4, 0.5) is 16.2 Å². The van der Waals surface area contributed by atoms with Gasteiger partial charge in [-0.1, -0.05) is 0 Å². The van der Waals surface area contributed by atoms with Crippen molar-refractivity contribution in [3.05, 3.63) is 41.4 Å². The molecule has 3 aromatic rings. The van der Waals surface area contributed by atoms with Crippen LogP contribution in [0.3, 0.4) is 0 Å². The average molecular weight is 329 g/mol. The van der Waals surface area contributed by atoms with Gasteiger partial charge in [-0.25, -0.2) is 9.78 Å². The Morgan fingerprint density at radius 2 is 1.96 bits per heavy atom. The first-order valence-corrected chi connectivity index (χ1v) is 7.75. The Hall–Kier alpha value is -2.80. The SMILES string of the molecule is COc1ccc(NC(=O)Nc2c(O)nc(C)c3ccsc23)cc1. The van der Waals surface area contributed by atoms with Crippen LogP contribution in [0, 0.1) is 6.92 Å². The molecular weight excluding hydrogens is 314 g/mol. The van der Waals surface area contributed by atoms with E-state index in [4.69, 9.17) is 4.74 Å². The van der Waals surface area contributed by atoms with Gasteiger partial charge < -0.3 is 20.5 Å². The maximum absolute atomic E-state index is 12.2. The third kappa shape index (κ3) is 3.04. The van der Waals surface area contributed by atoms with Gasteiger partial charge in [-0.3, -0.25) is 0 Å². The maximum atomic E-state index is 12.2. The van der Waals surface area contributed by atoms with E-state index in [0.717, 1.165) is 15.8 Å². The van der Waals surface area contributed by atoms with Crippen LogP contribution in [0.15, 0.2) is 35.7 Å². The van der Waals surface area contributed by atoms with E-state index in [1.807, 2.05) is 18.4 Å². The number of nitrogens with zero attached hydrogens (tertiary/aromatic N) is 1. The maximum Gasteiger partial charge on any atom is 0.323 e. The molecule has 0 unspecified atom stereocenters. The summed E-state index contributed by atoms with van der Waals surface area (Å²) in [5.41, 5.74) is 1.65. The van der Waals surface area contributed by atoms with Crippen molar-refractivity contribution in [1.29, 1.82) is 0 Å². The molecule has 118 valence electrons. The van der Waals surface area contributed by atoms with Crippen LogP contribution in [0.5, 0.6) is 11.6 Å². The highest BCUT2D eigenvalue weighted by molar-refractivity contribution is 7.18. The van der Waals surface area contributed by atoms with Crippen molar-refractivity contribution in [1.82, 2.24) is 4.98 Å². The molecule has 6 nitrogen and oxygen atoms in total. The highest BCUT2D eigenvalue weighted by atomic mass is 32.1. The van der Waals surface area contributed by atoms with Gasteiger partial charge in [-0.05, 0) is 42.6 Å². The minimum atomic E-state index is -0.453. The van der Waals surface area contributed by atoms with Crippen LogP contribution in [-0.4, -0.2) is 23.2 Å². The number of carbonyl (C=O) groups excluding carboxylic acids is 1. The first-order chi connectivity index (χ1) is 11.1. The number of aromatic nitrogens is 1. The Labute approximate surface area is 136 Å². The third-order valence-corrected chi connectivity index (χ3v) is 4.30. The molecular formula is C16H15N3O3S. The molecule has 0 spiro atoms. The molecule has 0 saturated carbocycles. The van der Waals surface area contributed by atoms with E-state index in [9.17, 15) is 9.90 Å². The lowest BCUT2D eigenvalue weighted by Gasteiger charge is -2.11. The molecule has 0 bridgehead atoms. The number of fused-ring (bicyclic) bond motifs is 1. The molecule has 0 aliphatic carbocycles. The minimum absolute atomic E-state index is 0.192. The number of aryl methyl sites for hydroxylation is 1. The van der Waals surface area contributed by atoms with Crippen molar-refractivity contribution < 1.29 is 14.6 Å². The number of benzene rings is 1. The van der Waals surface area contributed by atoms with Gasteiger partial charge in [0.1, 0.15) is 11.4 Å². The number of methoxy groups -OCH3 is 1. The van der Waals surface area contributed by atoms with Crippen molar-refractivity contribution in [3.8, 4) is 11.6 Å². The van der Waals surface area contributed by atoms with Crippen LogP contribution in [-0.2, 0) is 0 Å². The van der Waals surface area contributed by atoms with Crippen LogP contribution in [0.2, 0.25) is 0 Å². The van der Waals surface area contributed by atoms with E-state index in [0.29, 0.717) is 17.1 Å². The highest BCUT2D eigenvalue weighted by Crippen LogP contribution is 2.36. The Bertz CT molecular complexity index is 859. The standard InChI is InChI=1S/C16H15N3O3S/c1-9-12-7-8-23-14(12)13(15(20)17-9)19-16(21)18-10-3-5-11(22-2)6-4-10/h3-8H,1-2H3,(H,17,20)(H2,18,19,21). The van der Waals surface area contributed by atoms with E-state index in [-0.39, 0.29) is 5.88 Å². The van der Waals surface area contributed by atoms with Crippen molar-refractivity contribution in [2.24, 2.45) is 0 Å². The Balaban J connectivity index is 1.81. The second kappa shape index (κ2) is 6.13. The first-order valence-electron chi connectivity index (χ1n) is 6.87. The van der Waals surface area contributed by atoms with Crippen molar-refractivity contribution in [3.63, 3.8) is 0 Å². The summed E-state index contributed by atoms with van der Waals surface area (Å²) in [6.45, 7) is 1.82. The molecule has 0 radical (unpaired) electrons. The second-order valence-corrected chi connectivity index (χ2v) is 5.78. The fourth-order valence-electron chi connectivity index (χ4n) is 2.23. The van der Waals surface area contributed by atoms with Crippen LogP contribution in [0.25, 0.3) is 10.1 Å². The number of nitrogens with one attached hydrogen (secondary N) is 2. The number of urea groups is 1. The van der Waals surface area contributed by atoms with E-state index in [1.165, 1.54) is 11.3 Å². The molecule has 2 amide bonds.